The Morgan fingerprint density at radius 2 is 1.86 bits per heavy atom. The van der Waals surface area contributed by atoms with Crippen molar-refractivity contribution in [3.8, 4) is 11.1 Å². The van der Waals surface area contributed by atoms with Gasteiger partial charge in [-0.3, -0.25) is 0 Å². The van der Waals surface area contributed by atoms with Crippen molar-refractivity contribution in [3.63, 3.8) is 0 Å². The lowest BCUT2D eigenvalue weighted by atomic mass is 10.0. The van der Waals surface area contributed by atoms with E-state index in [0.717, 1.165) is 32.1 Å². The number of fused-ring (bicyclic) bond motifs is 1. The van der Waals surface area contributed by atoms with Gasteiger partial charge in [0.2, 0.25) is 0 Å². The summed E-state index contributed by atoms with van der Waals surface area (Å²) in [5, 5.41) is 10.6. The van der Waals surface area contributed by atoms with Crippen molar-refractivity contribution in [1.82, 2.24) is 4.98 Å². The summed E-state index contributed by atoms with van der Waals surface area (Å²) in [6.07, 6.45) is 0. The largest absolute Gasteiger partial charge is 0.390 e. The first-order valence-electron chi connectivity index (χ1n) is 6.55. The average Bonchev–Trinajstić information content (AvgIpc) is 2.47. The molecular formula is C17H13BrFNO. The fourth-order valence-electron chi connectivity index (χ4n) is 2.40. The Hall–Kier alpha value is -1.78. The van der Waals surface area contributed by atoms with Gasteiger partial charge in [-0.25, -0.2) is 9.37 Å². The van der Waals surface area contributed by atoms with Gasteiger partial charge in [-0.2, -0.15) is 0 Å². The second-order valence-electron chi connectivity index (χ2n) is 4.96. The number of hydrogen-bond acceptors (Lipinski definition) is 2. The van der Waals surface area contributed by atoms with Gasteiger partial charge in [0, 0.05) is 15.4 Å². The molecule has 0 amide bonds. The predicted molar refractivity (Wildman–Crippen MR) is 85.5 cm³/mol. The van der Waals surface area contributed by atoms with Crippen LogP contribution in [0.4, 0.5) is 4.39 Å². The van der Waals surface area contributed by atoms with Gasteiger partial charge in [-0.05, 0) is 48.4 Å². The van der Waals surface area contributed by atoms with E-state index in [1.165, 1.54) is 12.1 Å². The van der Waals surface area contributed by atoms with Gasteiger partial charge in [-0.1, -0.05) is 28.1 Å². The Balaban J connectivity index is 2.28. The van der Waals surface area contributed by atoms with Gasteiger partial charge < -0.3 is 5.11 Å². The molecule has 0 atom stereocenters. The summed E-state index contributed by atoms with van der Waals surface area (Å²) < 4.78 is 14.0. The molecular weight excluding hydrogens is 333 g/mol. The molecule has 0 unspecified atom stereocenters. The molecule has 0 saturated carbocycles. The zero-order valence-electron chi connectivity index (χ0n) is 11.4. The topological polar surface area (TPSA) is 33.1 Å². The normalized spacial score (nSPS) is 11.0. The van der Waals surface area contributed by atoms with E-state index >= 15 is 0 Å². The minimum Gasteiger partial charge on any atom is -0.390 e. The highest BCUT2D eigenvalue weighted by Crippen LogP contribution is 2.31. The lowest BCUT2D eigenvalue weighted by Crippen LogP contribution is -1.96. The van der Waals surface area contributed by atoms with Gasteiger partial charge in [0.25, 0.3) is 0 Å². The molecule has 3 rings (SSSR count). The molecule has 21 heavy (non-hydrogen) atoms. The molecule has 3 aromatic rings. The number of hydrogen-bond donors (Lipinski definition) is 1. The van der Waals surface area contributed by atoms with Gasteiger partial charge in [-0.15, -0.1) is 0 Å². The van der Waals surface area contributed by atoms with E-state index in [4.69, 9.17) is 0 Å². The van der Waals surface area contributed by atoms with Crippen molar-refractivity contribution in [1.29, 1.82) is 0 Å². The fourth-order valence-corrected chi connectivity index (χ4v) is 3.08. The van der Waals surface area contributed by atoms with Gasteiger partial charge in [0.15, 0.2) is 0 Å². The molecule has 0 aliphatic heterocycles. The number of benzene rings is 2. The van der Waals surface area contributed by atoms with E-state index in [2.05, 4.69) is 20.9 Å². The molecule has 0 saturated heterocycles. The molecule has 106 valence electrons. The highest BCUT2D eigenvalue weighted by Gasteiger charge is 2.11. The van der Waals surface area contributed by atoms with Crippen molar-refractivity contribution in [2.45, 2.75) is 13.5 Å². The van der Waals surface area contributed by atoms with Gasteiger partial charge >= 0.3 is 0 Å². The molecule has 1 N–H and O–H groups in total. The summed E-state index contributed by atoms with van der Waals surface area (Å²) in [7, 11) is 0. The van der Waals surface area contributed by atoms with E-state index in [1.54, 1.807) is 12.1 Å². The van der Waals surface area contributed by atoms with Crippen molar-refractivity contribution < 1.29 is 9.50 Å². The van der Waals surface area contributed by atoms with Gasteiger partial charge in [0.05, 0.1) is 17.8 Å². The van der Waals surface area contributed by atoms with Crippen LogP contribution in [0.25, 0.3) is 22.0 Å². The maximum absolute atomic E-state index is 13.1. The van der Waals surface area contributed by atoms with E-state index in [-0.39, 0.29) is 12.4 Å². The Bertz CT molecular complexity index is 815. The average molecular weight is 346 g/mol. The maximum Gasteiger partial charge on any atom is 0.123 e. The Morgan fingerprint density at radius 3 is 2.52 bits per heavy atom. The first-order chi connectivity index (χ1) is 10.1. The predicted octanol–water partition coefficient (Wildman–Crippen LogP) is 4.60. The molecule has 0 radical (unpaired) electrons. The second kappa shape index (κ2) is 5.54. The highest BCUT2D eigenvalue weighted by atomic mass is 79.9. The van der Waals surface area contributed by atoms with Crippen molar-refractivity contribution >= 4 is 26.8 Å². The quantitative estimate of drug-likeness (QED) is 0.735. The van der Waals surface area contributed by atoms with Crippen LogP contribution < -0.4 is 0 Å². The number of pyridine rings is 1. The van der Waals surface area contributed by atoms with Crippen LogP contribution in [0.3, 0.4) is 0 Å². The maximum atomic E-state index is 13.1. The van der Waals surface area contributed by atoms with Crippen LogP contribution in [-0.2, 0) is 6.61 Å². The monoisotopic (exact) mass is 345 g/mol. The molecule has 0 aliphatic carbocycles. The summed E-state index contributed by atoms with van der Waals surface area (Å²) in [5.74, 6) is -0.283. The number of nitrogens with zero attached hydrogens (tertiary/aromatic N) is 1. The molecule has 0 fully saturated rings. The zero-order chi connectivity index (χ0) is 15.0. The molecule has 0 spiro atoms. The Kier molecular flexibility index (Phi) is 3.74. The van der Waals surface area contributed by atoms with Crippen LogP contribution in [0.1, 0.15) is 11.3 Å². The molecule has 0 aliphatic rings. The standard InChI is InChI=1S/C17H13BrFNO/c1-10-6-15(18)14-8-13(11-2-4-12(19)5-3-11)17(9-21)20-16(14)7-10/h2-8,21H,9H2,1H3. The number of aromatic nitrogens is 1. The minimum absolute atomic E-state index is 0.159. The summed E-state index contributed by atoms with van der Waals surface area (Å²) >= 11 is 3.55. The molecule has 4 heteroatoms. The van der Waals surface area contributed by atoms with Crippen LogP contribution >= 0.6 is 15.9 Å². The summed E-state index contributed by atoms with van der Waals surface area (Å²) in [6.45, 7) is 1.84. The van der Waals surface area contributed by atoms with E-state index < -0.39 is 0 Å². The third kappa shape index (κ3) is 2.69. The molecule has 0 bridgehead atoms. The van der Waals surface area contributed by atoms with Crippen LogP contribution in [0.5, 0.6) is 0 Å². The Morgan fingerprint density at radius 1 is 1.14 bits per heavy atom. The number of halogens is 2. The smallest absolute Gasteiger partial charge is 0.123 e. The van der Waals surface area contributed by atoms with E-state index in [9.17, 15) is 9.50 Å². The molecule has 1 heterocycles. The first kappa shape index (κ1) is 14.2. The lowest BCUT2D eigenvalue weighted by molar-refractivity contribution is 0.278. The fraction of sp³-hybridized carbons (Fsp3) is 0.118. The van der Waals surface area contributed by atoms with E-state index in [0.29, 0.717) is 5.69 Å². The van der Waals surface area contributed by atoms with Crippen molar-refractivity contribution in [2.24, 2.45) is 0 Å². The van der Waals surface area contributed by atoms with Crippen molar-refractivity contribution in [2.75, 3.05) is 0 Å². The van der Waals surface area contributed by atoms with Crippen LogP contribution in [-0.4, -0.2) is 10.1 Å². The summed E-state index contributed by atoms with van der Waals surface area (Å²) in [6, 6.07) is 12.2. The van der Waals surface area contributed by atoms with Crippen LogP contribution in [0, 0.1) is 12.7 Å². The van der Waals surface area contributed by atoms with E-state index in [1.807, 2.05) is 25.1 Å². The second-order valence-corrected chi connectivity index (χ2v) is 5.82. The number of aliphatic hydroxyl groups excluding tert-OH is 1. The summed E-state index contributed by atoms with van der Waals surface area (Å²) in [5.41, 5.74) is 4.17. The summed E-state index contributed by atoms with van der Waals surface area (Å²) in [4.78, 5) is 4.54. The van der Waals surface area contributed by atoms with Crippen LogP contribution in [0.2, 0.25) is 0 Å². The van der Waals surface area contributed by atoms with Crippen molar-refractivity contribution in [3.05, 3.63) is 64.0 Å². The molecule has 2 nitrogen and oxygen atoms in total. The number of rotatable bonds is 2. The Labute approximate surface area is 130 Å². The highest BCUT2D eigenvalue weighted by molar-refractivity contribution is 9.10. The third-order valence-electron chi connectivity index (χ3n) is 3.41. The first-order valence-corrected chi connectivity index (χ1v) is 7.34. The molecule has 2 aromatic carbocycles. The molecule has 1 aromatic heterocycles. The lowest BCUT2D eigenvalue weighted by Gasteiger charge is -2.11. The minimum atomic E-state index is -0.283. The zero-order valence-corrected chi connectivity index (χ0v) is 13.0. The number of aliphatic hydroxyl groups is 1. The van der Waals surface area contributed by atoms with Gasteiger partial charge in [0.1, 0.15) is 5.82 Å². The third-order valence-corrected chi connectivity index (χ3v) is 4.07. The van der Waals surface area contributed by atoms with Crippen LogP contribution in [0.15, 0.2) is 46.9 Å². The SMILES string of the molecule is Cc1cc(Br)c2cc(-c3ccc(F)cc3)c(CO)nc2c1. The number of aryl methyl sites for hydroxylation is 1.